The Morgan fingerprint density at radius 2 is 2.14 bits per heavy atom. The molecule has 3 heteroatoms. The molecular formula is C11H23NOS. The second-order valence-corrected chi connectivity index (χ2v) is 6.08. The molecule has 0 radical (unpaired) electrons. The van der Waals surface area contributed by atoms with E-state index in [9.17, 15) is 4.21 Å². The first kappa shape index (κ1) is 12.2. The van der Waals surface area contributed by atoms with E-state index in [0.29, 0.717) is 17.2 Å². The minimum absolute atomic E-state index is 0.444. The van der Waals surface area contributed by atoms with Crippen LogP contribution in [0.25, 0.3) is 0 Å². The molecule has 1 aliphatic carbocycles. The first-order valence-electron chi connectivity index (χ1n) is 5.75. The van der Waals surface area contributed by atoms with Gasteiger partial charge in [-0.25, -0.2) is 0 Å². The van der Waals surface area contributed by atoms with Crippen LogP contribution in [0.3, 0.4) is 0 Å². The van der Waals surface area contributed by atoms with Crippen molar-refractivity contribution in [3.8, 4) is 0 Å². The molecule has 4 unspecified atom stereocenters. The first-order chi connectivity index (χ1) is 6.70. The van der Waals surface area contributed by atoms with Gasteiger partial charge >= 0.3 is 0 Å². The Morgan fingerprint density at radius 3 is 2.64 bits per heavy atom. The van der Waals surface area contributed by atoms with Gasteiger partial charge in [-0.05, 0) is 32.2 Å². The van der Waals surface area contributed by atoms with Gasteiger partial charge in [0.1, 0.15) is 0 Å². The van der Waals surface area contributed by atoms with Crippen LogP contribution in [0.15, 0.2) is 0 Å². The molecule has 0 aromatic carbocycles. The van der Waals surface area contributed by atoms with E-state index in [0.717, 1.165) is 25.0 Å². The molecule has 84 valence electrons. The van der Waals surface area contributed by atoms with Crippen LogP contribution in [0.2, 0.25) is 0 Å². The molecule has 0 heterocycles. The SMILES string of the molecule is CCCCS(=O)C1CCC(NC)C1C. The third-order valence-electron chi connectivity index (χ3n) is 3.39. The van der Waals surface area contributed by atoms with Crippen molar-refractivity contribution in [3.63, 3.8) is 0 Å². The molecule has 1 aliphatic rings. The molecule has 1 saturated carbocycles. The number of unbranched alkanes of at least 4 members (excludes halogenated alkanes) is 1. The van der Waals surface area contributed by atoms with Gasteiger partial charge in [-0.15, -0.1) is 0 Å². The largest absolute Gasteiger partial charge is 0.317 e. The van der Waals surface area contributed by atoms with E-state index in [1.807, 2.05) is 7.05 Å². The van der Waals surface area contributed by atoms with Gasteiger partial charge < -0.3 is 5.32 Å². The fourth-order valence-electron chi connectivity index (χ4n) is 2.34. The number of hydrogen-bond donors (Lipinski definition) is 1. The van der Waals surface area contributed by atoms with Gasteiger partial charge in [0.25, 0.3) is 0 Å². The Morgan fingerprint density at radius 1 is 1.43 bits per heavy atom. The van der Waals surface area contributed by atoms with Gasteiger partial charge in [0.2, 0.25) is 0 Å². The zero-order valence-electron chi connectivity index (χ0n) is 9.58. The van der Waals surface area contributed by atoms with E-state index in [1.165, 1.54) is 6.42 Å². The number of hydrogen-bond acceptors (Lipinski definition) is 2. The Labute approximate surface area is 90.3 Å². The van der Waals surface area contributed by atoms with Gasteiger partial charge in [-0.2, -0.15) is 0 Å². The van der Waals surface area contributed by atoms with Crippen LogP contribution >= 0.6 is 0 Å². The lowest BCUT2D eigenvalue weighted by molar-refractivity contribution is 0.460. The van der Waals surface area contributed by atoms with E-state index < -0.39 is 10.8 Å². The minimum Gasteiger partial charge on any atom is -0.317 e. The van der Waals surface area contributed by atoms with Crippen LogP contribution in [0.4, 0.5) is 0 Å². The highest BCUT2D eigenvalue weighted by Gasteiger charge is 2.34. The van der Waals surface area contributed by atoms with Crippen molar-refractivity contribution in [2.75, 3.05) is 12.8 Å². The van der Waals surface area contributed by atoms with Crippen LogP contribution in [-0.2, 0) is 10.8 Å². The Hall–Kier alpha value is 0.110. The predicted molar refractivity (Wildman–Crippen MR) is 63.0 cm³/mol. The summed E-state index contributed by atoms with van der Waals surface area (Å²) in [6, 6.07) is 0.588. The van der Waals surface area contributed by atoms with E-state index >= 15 is 0 Å². The lowest BCUT2D eigenvalue weighted by Gasteiger charge is -2.19. The van der Waals surface area contributed by atoms with Crippen molar-refractivity contribution in [2.45, 2.75) is 50.8 Å². The molecule has 0 aromatic heterocycles. The fraction of sp³-hybridized carbons (Fsp3) is 1.00. The molecule has 1 rings (SSSR count). The summed E-state index contributed by atoms with van der Waals surface area (Å²) in [5.74, 6) is 1.49. The monoisotopic (exact) mass is 217 g/mol. The van der Waals surface area contributed by atoms with E-state index in [4.69, 9.17) is 0 Å². The molecule has 0 aliphatic heterocycles. The van der Waals surface area contributed by atoms with E-state index in [2.05, 4.69) is 19.2 Å². The van der Waals surface area contributed by atoms with Crippen molar-refractivity contribution < 1.29 is 4.21 Å². The Kier molecular flexibility index (Phi) is 5.10. The second-order valence-electron chi connectivity index (χ2n) is 4.31. The third kappa shape index (κ3) is 2.80. The lowest BCUT2D eigenvalue weighted by atomic mass is 10.1. The molecule has 2 nitrogen and oxygen atoms in total. The van der Waals surface area contributed by atoms with Crippen molar-refractivity contribution in [1.82, 2.24) is 5.32 Å². The van der Waals surface area contributed by atoms with Crippen molar-refractivity contribution in [3.05, 3.63) is 0 Å². The zero-order chi connectivity index (χ0) is 10.6. The summed E-state index contributed by atoms with van der Waals surface area (Å²) >= 11 is 0. The second kappa shape index (κ2) is 5.86. The quantitative estimate of drug-likeness (QED) is 0.762. The number of nitrogens with one attached hydrogen (secondary N) is 1. The number of rotatable bonds is 5. The van der Waals surface area contributed by atoms with Gasteiger partial charge in [0.05, 0.1) is 0 Å². The maximum absolute atomic E-state index is 12.0. The van der Waals surface area contributed by atoms with Gasteiger partial charge in [-0.3, -0.25) is 4.21 Å². The Balaban J connectivity index is 2.41. The van der Waals surface area contributed by atoms with Crippen molar-refractivity contribution in [1.29, 1.82) is 0 Å². The molecule has 1 N–H and O–H groups in total. The molecule has 0 amide bonds. The molecule has 1 fully saturated rings. The average molecular weight is 217 g/mol. The van der Waals surface area contributed by atoms with Crippen molar-refractivity contribution in [2.24, 2.45) is 5.92 Å². The summed E-state index contributed by atoms with van der Waals surface area (Å²) in [5, 5.41) is 3.76. The lowest BCUT2D eigenvalue weighted by Crippen LogP contribution is -2.33. The molecule has 0 bridgehead atoms. The fourth-order valence-corrected chi connectivity index (χ4v) is 4.29. The van der Waals surface area contributed by atoms with Crippen LogP contribution < -0.4 is 5.32 Å². The van der Waals surface area contributed by atoms with Crippen LogP contribution in [0.1, 0.15) is 39.5 Å². The van der Waals surface area contributed by atoms with Crippen LogP contribution in [0.5, 0.6) is 0 Å². The Bertz CT molecular complexity index is 196. The predicted octanol–water partition coefficient (Wildman–Crippen LogP) is 1.92. The maximum atomic E-state index is 12.0. The minimum atomic E-state index is -0.588. The molecule has 4 atom stereocenters. The zero-order valence-corrected chi connectivity index (χ0v) is 10.4. The normalized spacial score (nSPS) is 34.6. The van der Waals surface area contributed by atoms with Crippen molar-refractivity contribution >= 4 is 10.8 Å². The summed E-state index contributed by atoms with van der Waals surface area (Å²) in [6.07, 6.45) is 4.60. The highest BCUT2D eigenvalue weighted by Crippen LogP contribution is 2.30. The summed E-state index contributed by atoms with van der Waals surface area (Å²) in [5.41, 5.74) is 0. The molecular weight excluding hydrogens is 194 g/mol. The van der Waals surface area contributed by atoms with Gasteiger partial charge in [-0.1, -0.05) is 20.3 Å². The van der Waals surface area contributed by atoms with Gasteiger partial charge in [0.15, 0.2) is 0 Å². The van der Waals surface area contributed by atoms with Crippen LogP contribution in [-0.4, -0.2) is 28.3 Å². The molecule has 14 heavy (non-hydrogen) atoms. The summed E-state index contributed by atoms with van der Waals surface area (Å²) in [4.78, 5) is 0. The highest BCUT2D eigenvalue weighted by atomic mass is 32.2. The summed E-state index contributed by atoms with van der Waals surface area (Å²) in [6.45, 7) is 4.40. The maximum Gasteiger partial charge on any atom is 0.0388 e. The third-order valence-corrected chi connectivity index (χ3v) is 5.42. The molecule has 0 saturated heterocycles. The topological polar surface area (TPSA) is 29.1 Å². The van der Waals surface area contributed by atoms with E-state index in [-0.39, 0.29) is 0 Å². The first-order valence-corrected chi connectivity index (χ1v) is 7.13. The van der Waals surface area contributed by atoms with Crippen LogP contribution in [0, 0.1) is 5.92 Å². The van der Waals surface area contributed by atoms with E-state index in [1.54, 1.807) is 0 Å². The molecule has 0 aromatic rings. The van der Waals surface area contributed by atoms with Gasteiger partial charge in [0, 0.05) is 27.8 Å². The average Bonchev–Trinajstić information content (AvgIpc) is 2.56. The summed E-state index contributed by atoms with van der Waals surface area (Å²) in [7, 11) is 1.42. The summed E-state index contributed by atoms with van der Waals surface area (Å²) < 4.78 is 12.0. The smallest absolute Gasteiger partial charge is 0.0388 e. The molecule has 0 spiro atoms. The highest BCUT2D eigenvalue weighted by molar-refractivity contribution is 7.85. The standard InChI is InChI=1S/C11H23NOS/c1-4-5-8-14(13)11-7-6-10(12-3)9(11)2/h9-12H,4-8H2,1-3H3.